The molecule has 3 heterocycles. The molecule has 0 bridgehead atoms. The van der Waals surface area contributed by atoms with E-state index >= 15 is 0 Å². The molecule has 10 heteroatoms. The van der Waals surface area contributed by atoms with Crippen molar-refractivity contribution in [1.29, 1.82) is 0 Å². The molecule has 0 N–H and O–H groups in total. The van der Waals surface area contributed by atoms with Crippen LogP contribution in [0.3, 0.4) is 0 Å². The van der Waals surface area contributed by atoms with Crippen molar-refractivity contribution < 1.29 is 18.0 Å². The van der Waals surface area contributed by atoms with Gasteiger partial charge < -0.3 is 14.7 Å². The number of carbonyl (C=O) groups excluding carboxylic acids is 2. The second-order valence-electron chi connectivity index (χ2n) is 9.39. The molecule has 35 heavy (non-hydrogen) atoms. The maximum absolute atomic E-state index is 13.8. The molecule has 2 amide bonds. The van der Waals surface area contributed by atoms with Gasteiger partial charge in [-0.25, -0.2) is 8.42 Å². The van der Waals surface area contributed by atoms with Gasteiger partial charge >= 0.3 is 0 Å². The number of rotatable bonds is 5. The van der Waals surface area contributed by atoms with Crippen LogP contribution < -0.4 is 4.90 Å². The summed E-state index contributed by atoms with van der Waals surface area (Å²) in [5.41, 5.74) is 0.0412. The lowest BCUT2D eigenvalue weighted by Crippen LogP contribution is -2.57. The first kappa shape index (κ1) is 24.3. The highest BCUT2D eigenvalue weighted by Crippen LogP contribution is 2.40. The van der Waals surface area contributed by atoms with E-state index in [-0.39, 0.29) is 36.3 Å². The summed E-state index contributed by atoms with van der Waals surface area (Å²) >= 11 is 3.34. The van der Waals surface area contributed by atoms with Crippen LogP contribution >= 0.6 is 15.9 Å². The quantitative estimate of drug-likeness (QED) is 0.561. The highest BCUT2D eigenvalue weighted by Gasteiger charge is 2.55. The number of carbonyl (C=O) groups is 2. The number of piperidine rings is 1. The van der Waals surface area contributed by atoms with Crippen LogP contribution in [0.15, 0.2) is 64.0 Å². The Kier molecular flexibility index (Phi) is 6.63. The van der Waals surface area contributed by atoms with Crippen LogP contribution in [0, 0.1) is 0 Å². The van der Waals surface area contributed by atoms with Gasteiger partial charge in [-0.05, 0) is 62.1 Å². The van der Waals surface area contributed by atoms with Crippen LogP contribution in [-0.2, 0) is 19.6 Å². The van der Waals surface area contributed by atoms with Crippen molar-refractivity contribution in [1.82, 2.24) is 14.1 Å². The third kappa shape index (κ3) is 4.47. The SMILES string of the molecule is O=C(CN1CN(c2ccccc2)C2(CCN(S(=O)(=O)c3ccc(Br)cc3)CC2)C1=O)N1CCCC1. The number of sulfonamides is 1. The van der Waals surface area contributed by atoms with E-state index in [4.69, 9.17) is 0 Å². The number of nitrogens with zero attached hydrogens (tertiary/aromatic N) is 4. The highest BCUT2D eigenvalue weighted by atomic mass is 79.9. The zero-order valence-electron chi connectivity index (χ0n) is 19.5. The van der Waals surface area contributed by atoms with Gasteiger partial charge in [-0.15, -0.1) is 0 Å². The van der Waals surface area contributed by atoms with Gasteiger partial charge in [0.1, 0.15) is 12.1 Å². The number of amides is 2. The van der Waals surface area contributed by atoms with Gasteiger partial charge in [0.25, 0.3) is 0 Å². The summed E-state index contributed by atoms with van der Waals surface area (Å²) in [6.07, 6.45) is 2.74. The predicted octanol–water partition coefficient (Wildman–Crippen LogP) is 2.90. The van der Waals surface area contributed by atoms with E-state index < -0.39 is 15.6 Å². The zero-order valence-corrected chi connectivity index (χ0v) is 21.9. The molecule has 3 saturated heterocycles. The Morgan fingerprint density at radius 1 is 0.914 bits per heavy atom. The number of halogens is 1. The number of para-hydroxylation sites is 1. The summed E-state index contributed by atoms with van der Waals surface area (Å²) in [5.74, 6) is -0.106. The van der Waals surface area contributed by atoms with Crippen molar-refractivity contribution >= 4 is 43.5 Å². The number of hydrogen-bond acceptors (Lipinski definition) is 5. The molecule has 0 atom stereocenters. The average Bonchev–Trinajstić information content (AvgIpc) is 3.49. The van der Waals surface area contributed by atoms with E-state index in [2.05, 4.69) is 20.8 Å². The van der Waals surface area contributed by atoms with Gasteiger partial charge in [0.05, 0.1) is 11.6 Å². The Morgan fingerprint density at radius 2 is 1.54 bits per heavy atom. The Morgan fingerprint density at radius 3 is 2.17 bits per heavy atom. The Bertz CT molecular complexity index is 1190. The van der Waals surface area contributed by atoms with Gasteiger partial charge in [0, 0.05) is 36.3 Å². The fraction of sp³-hybridized carbons (Fsp3) is 0.440. The largest absolute Gasteiger partial charge is 0.341 e. The van der Waals surface area contributed by atoms with Gasteiger partial charge in [0.15, 0.2) is 0 Å². The Hall–Kier alpha value is -2.43. The van der Waals surface area contributed by atoms with Crippen LogP contribution in [0.5, 0.6) is 0 Å². The number of benzene rings is 2. The summed E-state index contributed by atoms with van der Waals surface area (Å²) in [7, 11) is -3.66. The molecule has 3 fully saturated rings. The molecule has 0 radical (unpaired) electrons. The van der Waals surface area contributed by atoms with Crippen LogP contribution in [-0.4, -0.2) is 79.3 Å². The Labute approximate surface area is 214 Å². The summed E-state index contributed by atoms with van der Waals surface area (Å²) < 4.78 is 28.8. The molecule has 2 aromatic carbocycles. The second kappa shape index (κ2) is 9.55. The Balaban J connectivity index is 1.38. The lowest BCUT2D eigenvalue weighted by atomic mass is 9.86. The molecule has 0 aromatic heterocycles. The van der Waals surface area contributed by atoms with E-state index in [0.29, 0.717) is 19.5 Å². The maximum Gasteiger partial charge on any atom is 0.250 e. The van der Waals surface area contributed by atoms with Gasteiger partial charge in [-0.1, -0.05) is 34.1 Å². The molecular formula is C25H29BrN4O4S. The monoisotopic (exact) mass is 560 g/mol. The lowest BCUT2D eigenvalue weighted by molar-refractivity contribution is -0.140. The van der Waals surface area contributed by atoms with Crippen molar-refractivity contribution in [3.8, 4) is 0 Å². The van der Waals surface area contributed by atoms with E-state index in [0.717, 1.165) is 36.1 Å². The van der Waals surface area contributed by atoms with Crippen LogP contribution in [0.1, 0.15) is 25.7 Å². The van der Waals surface area contributed by atoms with Crippen molar-refractivity contribution in [3.63, 3.8) is 0 Å². The normalized spacial score (nSPS) is 20.7. The molecule has 3 aliphatic heterocycles. The van der Waals surface area contributed by atoms with Crippen molar-refractivity contribution in [3.05, 3.63) is 59.1 Å². The number of hydrogen-bond donors (Lipinski definition) is 0. The molecule has 8 nitrogen and oxygen atoms in total. The third-order valence-electron chi connectivity index (χ3n) is 7.37. The smallest absolute Gasteiger partial charge is 0.250 e. The first-order valence-corrected chi connectivity index (χ1v) is 14.2. The molecule has 3 aliphatic rings. The summed E-state index contributed by atoms with van der Waals surface area (Å²) in [6.45, 7) is 2.35. The molecular weight excluding hydrogens is 532 g/mol. The molecule has 0 aliphatic carbocycles. The van der Waals surface area contributed by atoms with E-state index in [9.17, 15) is 18.0 Å². The standard InChI is InChI=1S/C25H29BrN4O4S/c26-20-8-10-22(11-9-20)35(33,34)29-16-12-25(13-17-29)24(32)28(18-23(31)27-14-4-5-15-27)19-30(25)21-6-2-1-3-7-21/h1-3,6-11H,4-5,12-19H2. The van der Waals surface area contributed by atoms with Gasteiger partial charge in [-0.3, -0.25) is 9.59 Å². The second-order valence-corrected chi connectivity index (χ2v) is 12.2. The predicted molar refractivity (Wildman–Crippen MR) is 136 cm³/mol. The fourth-order valence-electron chi connectivity index (χ4n) is 5.40. The summed E-state index contributed by atoms with van der Waals surface area (Å²) in [5, 5.41) is 0. The average molecular weight is 562 g/mol. The van der Waals surface area contributed by atoms with Gasteiger partial charge in [-0.2, -0.15) is 4.31 Å². The number of anilines is 1. The van der Waals surface area contributed by atoms with E-state index in [1.807, 2.05) is 35.2 Å². The molecule has 1 spiro atoms. The molecule has 2 aromatic rings. The number of likely N-dealkylation sites (tertiary alicyclic amines) is 1. The first-order chi connectivity index (χ1) is 16.8. The van der Waals surface area contributed by atoms with Crippen molar-refractivity contribution in [2.24, 2.45) is 0 Å². The summed E-state index contributed by atoms with van der Waals surface area (Å²) in [4.78, 5) is 32.5. The first-order valence-electron chi connectivity index (χ1n) is 12.0. The zero-order chi connectivity index (χ0) is 24.6. The van der Waals surface area contributed by atoms with Crippen LogP contribution in [0.4, 0.5) is 5.69 Å². The van der Waals surface area contributed by atoms with E-state index in [1.165, 1.54) is 4.31 Å². The molecule has 0 saturated carbocycles. The maximum atomic E-state index is 13.8. The minimum absolute atomic E-state index is 0.0174. The lowest BCUT2D eigenvalue weighted by Gasteiger charge is -2.42. The fourth-order valence-corrected chi connectivity index (χ4v) is 7.11. The minimum Gasteiger partial charge on any atom is -0.341 e. The third-order valence-corrected chi connectivity index (χ3v) is 9.81. The molecule has 5 rings (SSSR count). The topological polar surface area (TPSA) is 81.2 Å². The van der Waals surface area contributed by atoms with E-state index in [1.54, 1.807) is 29.2 Å². The molecule has 186 valence electrons. The van der Waals surface area contributed by atoms with Gasteiger partial charge in [0.2, 0.25) is 21.8 Å². The molecule has 0 unspecified atom stereocenters. The highest BCUT2D eigenvalue weighted by molar-refractivity contribution is 9.10. The summed E-state index contributed by atoms with van der Waals surface area (Å²) in [6, 6.07) is 16.3. The van der Waals surface area contributed by atoms with Crippen molar-refractivity contribution in [2.45, 2.75) is 36.1 Å². The minimum atomic E-state index is -3.66. The van der Waals surface area contributed by atoms with Crippen molar-refractivity contribution in [2.75, 3.05) is 44.3 Å². The van der Waals surface area contributed by atoms with Crippen LogP contribution in [0.25, 0.3) is 0 Å². The van der Waals surface area contributed by atoms with Crippen LogP contribution in [0.2, 0.25) is 0 Å².